The Morgan fingerprint density at radius 2 is 1.57 bits per heavy atom. The van der Waals surface area contributed by atoms with E-state index in [0.29, 0.717) is 0 Å². The number of esters is 1. The minimum atomic E-state index is -0.576. The minimum absolute atomic E-state index is 0.0347. The lowest BCUT2D eigenvalue weighted by molar-refractivity contribution is -0.146. The van der Waals surface area contributed by atoms with E-state index in [1.807, 2.05) is 0 Å². The number of carbonyl (C=O) groups is 1. The average Bonchev–Trinajstić information content (AvgIpc) is 1.79. The normalized spacial score (nSPS) is 14.0. The third kappa shape index (κ3) is 4.25. The Kier molecular flexibility index (Phi) is 3.68. The van der Waals surface area contributed by atoms with Gasteiger partial charge in [0.1, 0.15) is 5.60 Å². The highest BCUT2D eigenvalue weighted by molar-refractivity contribution is 6.38. The van der Waals surface area contributed by atoms with Crippen molar-refractivity contribution in [1.29, 1.82) is 0 Å². The molecule has 0 aromatic carbocycles. The first kappa shape index (κ1) is 12.9. The van der Waals surface area contributed by atoms with Gasteiger partial charge in [-0.1, -0.05) is 25.9 Å². The van der Waals surface area contributed by atoms with E-state index in [-0.39, 0.29) is 5.71 Å². The van der Waals surface area contributed by atoms with Crippen molar-refractivity contribution in [2.24, 2.45) is 10.6 Å². The Balaban J connectivity index is 4.69. The molecule has 4 heteroatoms. The van der Waals surface area contributed by atoms with Crippen molar-refractivity contribution in [3.05, 3.63) is 0 Å². The van der Waals surface area contributed by atoms with Crippen LogP contribution in [0.5, 0.6) is 0 Å². The highest BCUT2D eigenvalue weighted by Gasteiger charge is 2.30. The van der Waals surface area contributed by atoms with Gasteiger partial charge in [0.2, 0.25) is 0 Å². The number of oxime groups is 1. The maximum atomic E-state index is 11.5. The number of hydrogen-bond donors (Lipinski definition) is 1. The maximum Gasteiger partial charge on any atom is 0.357 e. The molecule has 0 bridgehead atoms. The predicted molar refractivity (Wildman–Crippen MR) is 54.5 cm³/mol. The third-order valence-corrected chi connectivity index (χ3v) is 1.40. The second kappa shape index (κ2) is 3.98. The first-order valence-corrected chi connectivity index (χ1v) is 4.54. The molecule has 4 nitrogen and oxygen atoms in total. The monoisotopic (exact) mass is 201 g/mol. The summed E-state index contributed by atoms with van der Waals surface area (Å²) < 4.78 is 5.09. The number of hydrogen-bond acceptors (Lipinski definition) is 4. The Morgan fingerprint density at radius 1 is 1.14 bits per heavy atom. The van der Waals surface area contributed by atoms with E-state index in [0.717, 1.165) is 0 Å². The average molecular weight is 201 g/mol. The van der Waals surface area contributed by atoms with Gasteiger partial charge in [0.15, 0.2) is 5.71 Å². The lowest BCUT2D eigenvalue weighted by Crippen LogP contribution is -2.35. The molecule has 0 unspecified atom stereocenters. The summed E-state index contributed by atoms with van der Waals surface area (Å²) in [7, 11) is 0. The fourth-order valence-corrected chi connectivity index (χ4v) is 0.823. The van der Waals surface area contributed by atoms with E-state index in [4.69, 9.17) is 9.94 Å². The first-order valence-electron chi connectivity index (χ1n) is 4.54. The van der Waals surface area contributed by atoms with Gasteiger partial charge in [0, 0.05) is 5.41 Å². The zero-order valence-corrected chi connectivity index (χ0v) is 9.71. The van der Waals surface area contributed by atoms with Gasteiger partial charge in [-0.25, -0.2) is 4.79 Å². The van der Waals surface area contributed by atoms with Crippen molar-refractivity contribution >= 4 is 11.7 Å². The van der Waals surface area contributed by atoms with Crippen LogP contribution in [0.25, 0.3) is 0 Å². The van der Waals surface area contributed by atoms with E-state index in [9.17, 15) is 4.79 Å². The molecule has 0 spiro atoms. The van der Waals surface area contributed by atoms with Crippen molar-refractivity contribution in [2.75, 3.05) is 0 Å². The highest BCUT2D eigenvalue weighted by Crippen LogP contribution is 2.19. The van der Waals surface area contributed by atoms with Gasteiger partial charge in [-0.05, 0) is 20.8 Å². The van der Waals surface area contributed by atoms with Crippen LogP contribution in [-0.2, 0) is 9.53 Å². The molecule has 0 heterocycles. The van der Waals surface area contributed by atoms with E-state index in [1.54, 1.807) is 41.5 Å². The Bertz CT molecular complexity index is 243. The summed E-state index contributed by atoms with van der Waals surface area (Å²) in [5, 5.41) is 11.7. The number of ether oxygens (including phenoxy) is 1. The Hall–Kier alpha value is -1.06. The van der Waals surface area contributed by atoms with Gasteiger partial charge in [-0.3, -0.25) is 0 Å². The summed E-state index contributed by atoms with van der Waals surface area (Å²) >= 11 is 0. The lowest BCUT2D eigenvalue weighted by Gasteiger charge is -2.24. The lowest BCUT2D eigenvalue weighted by atomic mass is 9.90. The van der Waals surface area contributed by atoms with Crippen molar-refractivity contribution < 1.29 is 14.7 Å². The van der Waals surface area contributed by atoms with E-state index in [2.05, 4.69) is 5.16 Å². The van der Waals surface area contributed by atoms with Crippen molar-refractivity contribution in [2.45, 2.75) is 47.1 Å². The summed E-state index contributed by atoms with van der Waals surface area (Å²) in [4.78, 5) is 11.5. The molecule has 0 rings (SSSR count). The topological polar surface area (TPSA) is 58.9 Å². The molecule has 0 radical (unpaired) electrons. The van der Waals surface area contributed by atoms with Crippen LogP contribution in [0.15, 0.2) is 5.16 Å². The largest absolute Gasteiger partial charge is 0.455 e. The second-order valence-corrected chi connectivity index (χ2v) is 5.20. The first-order chi connectivity index (χ1) is 6.08. The number of rotatable bonds is 1. The zero-order valence-electron chi connectivity index (χ0n) is 9.71. The summed E-state index contributed by atoms with van der Waals surface area (Å²) in [5.41, 5.74) is -1.05. The van der Waals surface area contributed by atoms with Crippen molar-refractivity contribution in [3.8, 4) is 0 Å². The van der Waals surface area contributed by atoms with Crippen LogP contribution in [0.4, 0.5) is 0 Å². The van der Waals surface area contributed by atoms with Crippen LogP contribution >= 0.6 is 0 Å². The third-order valence-electron chi connectivity index (χ3n) is 1.40. The fraction of sp³-hybridized carbons (Fsp3) is 0.800. The van der Waals surface area contributed by atoms with Crippen LogP contribution < -0.4 is 0 Å². The zero-order chi connectivity index (χ0) is 11.6. The molecule has 0 fully saturated rings. The number of nitrogens with zero attached hydrogens (tertiary/aromatic N) is 1. The maximum absolute atomic E-state index is 11.5. The molecule has 0 aromatic rings. The summed E-state index contributed by atoms with van der Waals surface area (Å²) in [5.74, 6) is -0.576. The van der Waals surface area contributed by atoms with Crippen molar-refractivity contribution in [3.63, 3.8) is 0 Å². The molecule has 0 aromatic heterocycles. The molecule has 0 aliphatic rings. The SMILES string of the molecule is CC(C)(C)OC(=O)C(=NO)C(C)(C)C. The van der Waals surface area contributed by atoms with Crippen LogP contribution in [0.2, 0.25) is 0 Å². The second-order valence-electron chi connectivity index (χ2n) is 5.20. The molecular weight excluding hydrogens is 182 g/mol. The molecule has 14 heavy (non-hydrogen) atoms. The van der Waals surface area contributed by atoms with E-state index in [1.165, 1.54) is 0 Å². The van der Waals surface area contributed by atoms with Gasteiger partial charge in [-0.15, -0.1) is 0 Å². The van der Waals surface area contributed by atoms with Crippen molar-refractivity contribution in [1.82, 2.24) is 0 Å². The quantitative estimate of drug-likeness (QED) is 0.306. The molecule has 0 atom stereocenters. The van der Waals surface area contributed by atoms with Crippen LogP contribution in [0, 0.1) is 5.41 Å². The van der Waals surface area contributed by atoms with Crippen LogP contribution in [0.3, 0.4) is 0 Å². The Labute approximate surface area is 84.9 Å². The number of carbonyl (C=O) groups excluding carboxylic acids is 1. The molecule has 1 N–H and O–H groups in total. The van der Waals surface area contributed by atoms with Gasteiger partial charge in [0.05, 0.1) is 0 Å². The smallest absolute Gasteiger partial charge is 0.357 e. The van der Waals surface area contributed by atoms with Gasteiger partial charge in [0.25, 0.3) is 0 Å². The summed E-state index contributed by atoms with van der Waals surface area (Å²) in [6.07, 6.45) is 0. The summed E-state index contributed by atoms with van der Waals surface area (Å²) in [6.45, 7) is 10.7. The highest BCUT2D eigenvalue weighted by atomic mass is 16.6. The molecule has 0 aliphatic heterocycles. The molecule has 0 amide bonds. The molecule has 82 valence electrons. The fourth-order valence-electron chi connectivity index (χ4n) is 0.823. The van der Waals surface area contributed by atoms with E-state index >= 15 is 0 Å². The van der Waals surface area contributed by atoms with Crippen LogP contribution in [0.1, 0.15) is 41.5 Å². The summed E-state index contributed by atoms with van der Waals surface area (Å²) in [6, 6.07) is 0. The van der Waals surface area contributed by atoms with Gasteiger partial charge in [-0.2, -0.15) is 0 Å². The van der Waals surface area contributed by atoms with Gasteiger partial charge >= 0.3 is 5.97 Å². The van der Waals surface area contributed by atoms with Crippen LogP contribution in [-0.4, -0.2) is 22.5 Å². The molecule has 0 aliphatic carbocycles. The van der Waals surface area contributed by atoms with Gasteiger partial charge < -0.3 is 9.94 Å². The molecular formula is C10H19NO3. The predicted octanol–water partition coefficient (Wildman–Crippen LogP) is 2.20. The minimum Gasteiger partial charge on any atom is -0.455 e. The molecule has 0 saturated carbocycles. The molecule has 0 saturated heterocycles. The standard InChI is InChI=1S/C10H19NO3/c1-9(2,3)7(11-13)8(12)14-10(4,5)6/h13H,1-6H3. The van der Waals surface area contributed by atoms with E-state index < -0.39 is 17.0 Å². The Morgan fingerprint density at radius 3 is 1.79 bits per heavy atom.